The standard InChI is InChI=1S/C13H10ClFO2S/c1-17-11-5-6-18-13(11)10(16)7-8-3-2-4-9(15)12(8)14/h2-6H,7H2,1H3. The smallest absolute Gasteiger partial charge is 0.180 e. The number of hydrogen-bond acceptors (Lipinski definition) is 3. The number of benzene rings is 1. The van der Waals surface area contributed by atoms with Crippen molar-refractivity contribution in [3.05, 3.63) is 50.9 Å². The third-order valence-electron chi connectivity index (χ3n) is 2.48. The van der Waals surface area contributed by atoms with Crippen molar-refractivity contribution in [2.45, 2.75) is 6.42 Å². The number of carbonyl (C=O) groups is 1. The summed E-state index contributed by atoms with van der Waals surface area (Å²) in [5, 5.41) is 1.78. The lowest BCUT2D eigenvalue weighted by molar-refractivity contribution is 0.0994. The average molecular weight is 285 g/mol. The van der Waals surface area contributed by atoms with Crippen LogP contribution in [0.1, 0.15) is 15.2 Å². The Balaban J connectivity index is 2.24. The summed E-state index contributed by atoms with van der Waals surface area (Å²) in [6.45, 7) is 0. The molecule has 1 aromatic heterocycles. The molecule has 2 nitrogen and oxygen atoms in total. The van der Waals surface area contributed by atoms with Crippen LogP contribution in [-0.4, -0.2) is 12.9 Å². The first kappa shape index (κ1) is 13.1. The lowest BCUT2D eigenvalue weighted by Gasteiger charge is -2.05. The number of thiophene rings is 1. The SMILES string of the molecule is COc1ccsc1C(=O)Cc1cccc(F)c1Cl. The summed E-state index contributed by atoms with van der Waals surface area (Å²) in [7, 11) is 1.51. The number of methoxy groups -OCH3 is 1. The molecule has 18 heavy (non-hydrogen) atoms. The Morgan fingerprint density at radius 1 is 1.44 bits per heavy atom. The topological polar surface area (TPSA) is 26.3 Å². The Hall–Kier alpha value is -1.39. The number of ketones is 1. The van der Waals surface area contributed by atoms with Crippen LogP contribution in [0, 0.1) is 5.82 Å². The molecule has 0 N–H and O–H groups in total. The molecular formula is C13H10ClFO2S. The van der Waals surface area contributed by atoms with Gasteiger partial charge in [-0.2, -0.15) is 0 Å². The van der Waals surface area contributed by atoms with Gasteiger partial charge in [0.15, 0.2) is 5.78 Å². The summed E-state index contributed by atoms with van der Waals surface area (Å²) in [6, 6.07) is 6.17. The maximum absolute atomic E-state index is 13.3. The van der Waals surface area contributed by atoms with E-state index in [1.807, 2.05) is 0 Å². The van der Waals surface area contributed by atoms with Gasteiger partial charge in [-0.3, -0.25) is 4.79 Å². The molecule has 0 bridgehead atoms. The summed E-state index contributed by atoms with van der Waals surface area (Å²) >= 11 is 7.12. The predicted molar refractivity (Wildman–Crippen MR) is 70.3 cm³/mol. The number of ether oxygens (including phenoxy) is 1. The molecule has 1 heterocycles. The predicted octanol–water partition coefficient (Wildman–Crippen LogP) is 3.97. The maximum Gasteiger partial charge on any atom is 0.180 e. The molecule has 94 valence electrons. The van der Waals surface area contributed by atoms with Gasteiger partial charge in [0.05, 0.1) is 12.1 Å². The van der Waals surface area contributed by atoms with Crippen LogP contribution in [0.15, 0.2) is 29.6 Å². The third-order valence-corrected chi connectivity index (χ3v) is 3.84. The average Bonchev–Trinajstić information content (AvgIpc) is 2.83. The fraction of sp³-hybridized carbons (Fsp3) is 0.154. The number of halogens is 2. The number of carbonyl (C=O) groups excluding carboxylic acids is 1. The van der Waals surface area contributed by atoms with Gasteiger partial charge >= 0.3 is 0 Å². The van der Waals surface area contributed by atoms with Gasteiger partial charge in [-0.15, -0.1) is 11.3 Å². The highest BCUT2D eigenvalue weighted by Crippen LogP contribution is 2.27. The number of rotatable bonds is 4. The van der Waals surface area contributed by atoms with Gasteiger partial charge in [-0.25, -0.2) is 4.39 Å². The van der Waals surface area contributed by atoms with Crippen LogP contribution in [0.2, 0.25) is 5.02 Å². The first-order valence-corrected chi connectivity index (χ1v) is 6.47. The molecule has 1 aromatic carbocycles. The third kappa shape index (κ3) is 2.54. The van der Waals surface area contributed by atoms with E-state index in [0.717, 1.165) is 0 Å². The van der Waals surface area contributed by atoms with Crippen LogP contribution < -0.4 is 4.74 Å². The van der Waals surface area contributed by atoms with Gasteiger partial charge in [0.25, 0.3) is 0 Å². The molecule has 0 aliphatic heterocycles. The van der Waals surface area contributed by atoms with Gasteiger partial charge in [-0.1, -0.05) is 23.7 Å². The normalized spacial score (nSPS) is 10.4. The van der Waals surface area contributed by atoms with E-state index in [9.17, 15) is 9.18 Å². The monoisotopic (exact) mass is 284 g/mol. The minimum atomic E-state index is -0.514. The van der Waals surface area contributed by atoms with Crippen molar-refractivity contribution in [1.29, 1.82) is 0 Å². The van der Waals surface area contributed by atoms with Crippen molar-refractivity contribution in [3.8, 4) is 5.75 Å². The van der Waals surface area contributed by atoms with Gasteiger partial charge in [0.1, 0.15) is 16.4 Å². The lowest BCUT2D eigenvalue weighted by atomic mass is 10.1. The largest absolute Gasteiger partial charge is 0.495 e. The summed E-state index contributed by atoms with van der Waals surface area (Å²) in [5.74, 6) is -0.105. The first-order valence-electron chi connectivity index (χ1n) is 5.21. The zero-order valence-corrected chi connectivity index (χ0v) is 11.1. The van der Waals surface area contributed by atoms with E-state index in [2.05, 4.69) is 0 Å². The molecule has 0 saturated heterocycles. The maximum atomic E-state index is 13.3. The van der Waals surface area contributed by atoms with E-state index in [1.165, 1.54) is 30.6 Å². The van der Waals surface area contributed by atoms with E-state index in [0.29, 0.717) is 16.2 Å². The van der Waals surface area contributed by atoms with Crippen LogP contribution in [-0.2, 0) is 6.42 Å². The lowest BCUT2D eigenvalue weighted by Crippen LogP contribution is -2.04. The Bertz CT molecular complexity index is 580. The van der Waals surface area contributed by atoms with Gasteiger partial charge in [0.2, 0.25) is 0 Å². The van der Waals surface area contributed by atoms with Crippen molar-refractivity contribution in [3.63, 3.8) is 0 Å². The molecular weight excluding hydrogens is 275 g/mol. The number of Topliss-reactive ketones (excluding diaryl/α,β-unsaturated/α-hetero) is 1. The second-order valence-corrected chi connectivity index (χ2v) is 4.93. The van der Waals surface area contributed by atoms with Crippen molar-refractivity contribution in [2.24, 2.45) is 0 Å². The molecule has 0 aliphatic rings. The molecule has 0 saturated carbocycles. The van der Waals surface area contributed by atoms with Crippen LogP contribution >= 0.6 is 22.9 Å². The summed E-state index contributed by atoms with van der Waals surface area (Å²) < 4.78 is 18.3. The zero-order chi connectivity index (χ0) is 13.1. The summed E-state index contributed by atoms with van der Waals surface area (Å²) in [4.78, 5) is 12.6. The molecule has 0 radical (unpaired) electrons. The second kappa shape index (κ2) is 5.50. The highest BCUT2D eigenvalue weighted by atomic mass is 35.5. The molecule has 0 unspecified atom stereocenters. The quantitative estimate of drug-likeness (QED) is 0.794. The summed E-state index contributed by atoms with van der Waals surface area (Å²) in [6.07, 6.45) is 0.0630. The van der Waals surface area contributed by atoms with Crippen LogP contribution in [0.5, 0.6) is 5.75 Å². The van der Waals surface area contributed by atoms with Gasteiger partial charge < -0.3 is 4.74 Å². The Labute approximate surface area is 113 Å². The molecule has 0 fully saturated rings. The minimum absolute atomic E-state index is 0.00127. The molecule has 5 heteroatoms. The Morgan fingerprint density at radius 2 is 2.22 bits per heavy atom. The van der Waals surface area contributed by atoms with Gasteiger partial charge in [0, 0.05) is 6.42 Å². The fourth-order valence-electron chi connectivity index (χ4n) is 1.60. The zero-order valence-electron chi connectivity index (χ0n) is 9.57. The van der Waals surface area contributed by atoms with E-state index < -0.39 is 5.82 Å². The van der Waals surface area contributed by atoms with Gasteiger partial charge in [-0.05, 0) is 23.1 Å². The molecule has 0 amide bonds. The van der Waals surface area contributed by atoms with Crippen LogP contribution in [0.25, 0.3) is 0 Å². The van der Waals surface area contributed by atoms with Crippen molar-refractivity contribution in [1.82, 2.24) is 0 Å². The van der Waals surface area contributed by atoms with Crippen molar-refractivity contribution >= 4 is 28.7 Å². The van der Waals surface area contributed by atoms with Crippen molar-refractivity contribution in [2.75, 3.05) is 7.11 Å². The van der Waals surface area contributed by atoms with Crippen LogP contribution in [0.3, 0.4) is 0 Å². The fourth-order valence-corrected chi connectivity index (χ4v) is 2.59. The Kier molecular flexibility index (Phi) is 3.99. The minimum Gasteiger partial charge on any atom is -0.495 e. The Morgan fingerprint density at radius 3 is 2.94 bits per heavy atom. The highest BCUT2D eigenvalue weighted by molar-refractivity contribution is 7.12. The van der Waals surface area contributed by atoms with E-state index in [-0.39, 0.29) is 17.2 Å². The number of hydrogen-bond donors (Lipinski definition) is 0. The molecule has 0 spiro atoms. The van der Waals surface area contributed by atoms with E-state index in [4.69, 9.17) is 16.3 Å². The first-order chi connectivity index (χ1) is 8.63. The van der Waals surface area contributed by atoms with E-state index >= 15 is 0 Å². The highest BCUT2D eigenvalue weighted by Gasteiger charge is 2.16. The molecule has 2 aromatic rings. The summed E-state index contributed by atoms with van der Waals surface area (Å²) in [5.41, 5.74) is 0.483. The van der Waals surface area contributed by atoms with Crippen molar-refractivity contribution < 1.29 is 13.9 Å². The molecule has 2 rings (SSSR count). The van der Waals surface area contributed by atoms with Crippen LogP contribution in [0.4, 0.5) is 4.39 Å². The molecule has 0 aliphatic carbocycles. The van der Waals surface area contributed by atoms with E-state index in [1.54, 1.807) is 17.5 Å². The molecule has 0 atom stereocenters. The second-order valence-electron chi connectivity index (χ2n) is 3.63.